The van der Waals surface area contributed by atoms with Crippen LogP contribution in [0.25, 0.3) is 0 Å². The molecule has 1 aromatic rings. The molecule has 0 aliphatic heterocycles. The zero-order valence-electron chi connectivity index (χ0n) is 12.9. The molecule has 23 heavy (non-hydrogen) atoms. The molecule has 9 heteroatoms. The SMILES string of the molecule is CCS(=O)(=O)c1ccccc1C(=O)O[C@H](C)C(=O)NC(=O)OC. The van der Waals surface area contributed by atoms with Gasteiger partial charge in [-0.1, -0.05) is 19.1 Å². The number of benzene rings is 1. The second-order valence-electron chi connectivity index (χ2n) is 4.43. The van der Waals surface area contributed by atoms with E-state index in [4.69, 9.17) is 4.74 Å². The highest BCUT2D eigenvalue weighted by Crippen LogP contribution is 2.18. The molecule has 1 aromatic carbocycles. The molecule has 1 rings (SSSR count). The molecule has 0 bridgehead atoms. The summed E-state index contributed by atoms with van der Waals surface area (Å²) in [4.78, 5) is 34.5. The Kier molecular flexibility index (Phi) is 6.26. The van der Waals surface area contributed by atoms with Gasteiger partial charge >= 0.3 is 12.1 Å². The number of methoxy groups -OCH3 is 1. The molecule has 0 aliphatic rings. The molecule has 1 atom stereocenters. The van der Waals surface area contributed by atoms with Gasteiger partial charge in [-0.25, -0.2) is 18.0 Å². The smallest absolute Gasteiger partial charge is 0.413 e. The van der Waals surface area contributed by atoms with Gasteiger partial charge < -0.3 is 9.47 Å². The maximum Gasteiger partial charge on any atom is 0.413 e. The van der Waals surface area contributed by atoms with E-state index in [0.717, 1.165) is 7.11 Å². The minimum Gasteiger partial charge on any atom is -0.453 e. The minimum atomic E-state index is -3.63. The van der Waals surface area contributed by atoms with Gasteiger partial charge in [0.05, 0.1) is 23.3 Å². The number of amides is 2. The summed E-state index contributed by atoms with van der Waals surface area (Å²) in [6.07, 6.45) is -2.30. The molecule has 2 amide bonds. The summed E-state index contributed by atoms with van der Waals surface area (Å²) >= 11 is 0. The highest BCUT2D eigenvalue weighted by Gasteiger charge is 2.25. The van der Waals surface area contributed by atoms with Crippen molar-refractivity contribution in [2.45, 2.75) is 24.8 Å². The summed E-state index contributed by atoms with van der Waals surface area (Å²) in [6.45, 7) is 2.69. The fraction of sp³-hybridized carbons (Fsp3) is 0.357. The summed E-state index contributed by atoms with van der Waals surface area (Å²) < 4.78 is 33.1. The maximum atomic E-state index is 12.1. The Balaban J connectivity index is 2.95. The molecule has 0 unspecified atom stereocenters. The molecule has 0 aliphatic carbocycles. The average Bonchev–Trinajstić information content (AvgIpc) is 2.54. The van der Waals surface area contributed by atoms with Crippen LogP contribution >= 0.6 is 0 Å². The van der Waals surface area contributed by atoms with E-state index >= 15 is 0 Å². The molecule has 1 N–H and O–H groups in total. The Morgan fingerprint density at radius 3 is 2.39 bits per heavy atom. The molecular formula is C14H17NO7S. The number of hydrogen-bond acceptors (Lipinski definition) is 7. The van der Waals surface area contributed by atoms with Gasteiger partial charge in [-0.05, 0) is 19.1 Å². The van der Waals surface area contributed by atoms with Crippen LogP contribution in [0.1, 0.15) is 24.2 Å². The Labute approximate surface area is 133 Å². The van der Waals surface area contributed by atoms with E-state index in [-0.39, 0.29) is 16.2 Å². The molecule has 0 saturated heterocycles. The van der Waals surface area contributed by atoms with Crippen molar-refractivity contribution in [1.82, 2.24) is 5.32 Å². The highest BCUT2D eigenvalue weighted by molar-refractivity contribution is 7.91. The van der Waals surface area contributed by atoms with Crippen LogP contribution in [0, 0.1) is 0 Å². The average molecular weight is 343 g/mol. The summed E-state index contributed by atoms with van der Waals surface area (Å²) in [5.74, 6) is -2.05. The molecule has 0 heterocycles. The predicted octanol–water partition coefficient (Wildman–Crippen LogP) is 0.908. The first-order chi connectivity index (χ1) is 10.7. The number of esters is 1. The number of sulfone groups is 1. The fourth-order valence-corrected chi connectivity index (χ4v) is 2.68. The van der Waals surface area contributed by atoms with Gasteiger partial charge in [0.2, 0.25) is 0 Å². The Morgan fingerprint density at radius 1 is 1.22 bits per heavy atom. The van der Waals surface area contributed by atoms with E-state index in [1.807, 2.05) is 5.32 Å². The molecule has 0 saturated carbocycles. The van der Waals surface area contributed by atoms with Crippen molar-refractivity contribution < 1.29 is 32.3 Å². The first-order valence-electron chi connectivity index (χ1n) is 6.64. The van der Waals surface area contributed by atoms with Crippen molar-refractivity contribution in [2.75, 3.05) is 12.9 Å². The van der Waals surface area contributed by atoms with Crippen molar-refractivity contribution in [3.63, 3.8) is 0 Å². The lowest BCUT2D eigenvalue weighted by atomic mass is 10.2. The largest absolute Gasteiger partial charge is 0.453 e. The molecule has 0 aromatic heterocycles. The number of nitrogens with one attached hydrogen (secondary N) is 1. The highest BCUT2D eigenvalue weighted by atomic mass is 32.2. The zero-order valence-corrected chi connectivity index (χ0v) is 13.7. The van der Waals surface area contributed by atoms with Crippen LogP contribution in [-0.2, 0) is 24.1 Å². The van der Waals surface area contributed by atoms with Gasteiger partial charge in [0.15, 0.2) is 15.9 Å². The third kappa shape index (κ3) is 4.78. The van der Waals surface area contributed by atoms with E-state index in [2.05, 4.69) is 4.74 Å². The lowest BCUT2D eigenvalue weighted by Crippen LogP contribution is -2.39. The van der Waals surface area contributed by atoms with Crippen molar-refractivity contribution >= 4 is 27.8 Å². The number of imide groups is 1. The number of carbonyl (C=O) groups is 3. The van der Waals surface area contributed by atoms with E-state index in [9.17, 15) is 22.8 Å². The van der Waals surface area contributed by atoms with Gasteiger partial charge in [0.1, 0.15) is 0 Å². The van der Waals surface area contributed by atoms with Gasteiger partial charge in [-0.3, -0.25) is 10.1 Å². The number of ether oxygens (including phenoxy) is 2. The van der Waals surface area contributed by atoms with Gasteiger partial charge in [-0.2, -0.15) is 0 Å². The van der Waals surface area contributed by atoms with Crippen LogP contribution in [0.5, 0.6) is 0 Å². The van der Waals surface area contributed by atoms with Gasteiger partial charge in [0, 0.05) is 0 Å². The third-order valence-electron chi connectivity index (χ3n) is 2.89. The molecule has 8 nitrogen and oxygen atoms in total. The lowest BCUT2D eigenvalue weighted by molar-refractivity contribution is -0.128. The van der Waals surface area contributed by atoms with E-state index in [0.29, 0.717) is 0 Å². The quantitative estimate of drug-likeness (QED) is 0.790. The Bertz CT molecular complexity index is 712. The monoisotopic (exact) mass is 343 g/mol. The predicted molar refractivity (Wildman–Crippen MR) is 79.6 cm³/mol. The topological polar surface area (TPSA) is 116 Å². The van der Waals surface area contributed by atoms with Crippen LogP contribution in [0.3, 0.4) is 0 Å². The number of rotatable bonds is 5. The van der Waals surface area contributed by atoms with Crippen LogP contribution in [0.2, 0.25) is 0 Å². The standard InChI is InChI=1S/C14H17NO7S/c1-4-23(19,20)11-8-6-5-7-10(11)13(17)22-9(2)12(16)15-14(18)21-3/h5-9H,4H2,1-3H3,(H,15,16,18)/t9-/m1/s1. The normalized spacial score (nSPS) is 12.1. The van der Waals surface area contributed by atoms with E-state index < -0.39 is 33.9 Å². The maximum absolute atomic E-state index is 12.1. The second kappa shape index (κ2) is 7.73. The van der Waals surface area contributed by atoms with Crippen LogP contribution in [-0.4, -0.2) is 45.4 Å². The number of alkyl carbamates (subject to hydrolysis) is 1. The summed E-state index contributed by atoms with van der Waals surface area (Å²) in [5.41, 5.74) is -0.174. The zero-order chi connectivity index (χ0) is 17.6. The third-order valence-corrected chi connectivity index (χ3v) is 4.67. The molecule has 0 radical (unpaired) electrons. The Hall–Kier alpha value is -2.42. The fourth-order valence-electron chi connectivity index (χ4n) is 1.59. The minimum absolute atomic E-state index is 0.173. The summed E-state index contributed by atoms with van der Waals surface area (Å²) in [7, 11) is -2.55. The molecule has 0 fully saturated rings. The van der Waals surface area contributed by atoms with Crippen molar-refractivity contribution in [3.05, 3.63) is 29.8 Å². The summed E-state index contributed by atoms with van der Waals surface area (Å²) in [6, 6.07) is 5.53. The van der Waals surface area contributed by atoms with Gasteiger partial charge in [-0.15, -0.1) is 0 Å². The van der Waals surface area contributed by atoms with Gasteiger partial charge in [0.25, 0.3) is 5.91 Å². The number of carbonyl (C=O) groups excluding carboxylic acids is 3. The molecule has 126 valence electrons. The molecule has 0 spiro atoms. The summed E-state index contributed by atoms with van der Waals surface area (Å²) in [5, 5.41) is 1.85. The van der Waals surface area contributed by atoms with E-state index in [1.165, 1.54) is 38.1 Å². The van der Waals surface area contributed by atoms with Crippen LogP contribution < -0.4 is 5.32 Å². The second-order valence-corrected chi connectivity index (χ2v) is 6.67. The van der Waals surface area contributed by atoms with Crippen LogP contribution in [0.4, 0.5) is 4.79 Å². The Morgan fingerprint density at radius 2 is 1.83 bits per heavy atom. The molecular weight excluding hydrogens is 326 g/mol. The lowest BCUT2D eigenvalue weighted by Gasteiger charge is -2.14. The van der Waals surface area contributed by atoms with Crippen molar-refractivity contribution in [1.29, 1.82) is 0 Å². The van der Waals surface area contributed by atoms with E-state index in [1.54, 1.807) is 0 Å². The first kappa shape index (κ1) is 18.6. The first-order valence-corrected chi connectivity index (χ1v) is 8.29. The van der Waals surface area contributed by atoms with Crippen molar-refractivity contribution in [2.24, 2.45) is 0 Å². The van der Waals surface area contributed by atoms with Crippen molar-refractivity contribution in [3.8, 4) is 0 Å². The van der Waals surface area contributed by atoms with Crippen LogP contribution in [0.15, 0.2) is 29.2 Å². The number of hydrogen-bond donors (Lipinski definition) is 1.